The number of aryl methyl sites for hydroxylation is 1. The quantitative estimate of drug-likeness (QED) is 0.802. The molecule has 1 N–H and O–H groups in total. The molecule has 0 bridgehead atoms. The van der Waals surface area contributed by atoms with Crippen molar-refractivity contribution in [2.75, 3.05) is 11.9 Å². The van der Waals surface area contributed by atoms with Gasteiger partial charge in [-0.25, -0.2) is 4.79 Å². The molecule has 1 heterocycles. The SMILES string of the molecule is CCCCNc1cn(CCC)c(=O)n(C)c1=O.Cl. The molecule has 0 spiro atoms. The number of rotatable bonds is 6. The Labute approximate surface area is 113 Å². The minimum absolute atomic E-state index is 0. The van der Waals surface area contributed by atoms with Crippen LogP contribution < -0.4 is 16.6 Å². The van der Waals surface area contributed by atoms with Crippen LogP contribution in [0.1, 0.15) is 33.1 Å². The first kappa shape index (κ1) is 16.8. The summed E-state index contributed by atoms with van der Waals surface area (Å²) >= 11 is 0. The highest BCUT2D eigenvalue weighted by atomic mass is 35.5. The predicted octanol–water partition coefficient (Wildman–Crippen LogP) is 1.59. The third-order valence-electron chi connectivity index (χ3n) is 2.66. The van der Waals surface area contributed by atoms with Crippen LogP contribution in [0, 0.1) is 0 Å². The van der Waals surface area contributed by atoms with E-state index in [1.807, 2.05) is 6.92 Å². The first-order chi connectivity index (χ1) is 8.11. The van der Waals surface area contributed by atoms with Gasteiger partial charge in [-0.1, -0.05) is 20.3 Å². The molecule has 0 radical (unpaired) electrons. The fraction of sp³-hybridized carbons (Fsp3) is 0.667. The van der Waals surface area contributed by atoms with Gasteiger partial charge in [-0.3, -0.25) is 13.9 Å². The molecule has 0 aliphatic rings. The van der Waals surface area contributed by atoms with Crippen molar-refractivity contribution >= 4 is 18.1 Å². The zero-order valence-electron chi connectivity index (χ0n) is 11.2. The van der Waals surface area contributed by atoms with Crippen LogP contribution in [-0.2, 0) is 13.6 Å². The maximum atomic E-state index is 11.8. The largest absolute Gasteiger partial charge is 0.379 e. The molecular weight excluding hydrogens is 254 g/mol. The van der Waals surface area contributed by atoms with Gasteiger partial charge >= 0.3 is 5.69 Å². The van der Waals surface area contributed by atoms with E-state index in [0.29, 0.717) is 12.2 Å². The smallest absolute Gasteiger partial charge is 0.330 e. The van der Waals surface area contributed by atoms with E-state index in [9.17, 15) is 9.59 Å². The van der Waals surface area contributed by atoms with Crippen molar-refractivity contribution in [2.24, 2.45) is 7.05 Å². The average molecular weight is 276 g/mol. The lowest BCUT2D eigenvalue weighted by atomic mass is 10.3. The molecule has 0 unspecified atom stereocenters. The Morgan fingerprint density at radius 1 is 1.22 bits per heavy atom. The van der Waals surface area contributed by atoms with Crippen molar-refractivity contribution in [2.45, 2.75) is 39.7 Å². The van der Waals surface area contributed by atoms with Gasteiger partial charge < -0.3 is 5.32 Å². The van der Waals surface area contributed by atoms with E-state index in [1.165, 1.54) is 7.05 Å². The number of nitrogens with zero attached hydrogens (tertiary/aromatic N) is 2. The summed E-state index contributed by atoms with van der Waals surface area (Å²) in [5, 5.41) is 3.09. The molecule has 0 aliphatic carbocycles. The molecule has 0 aliphatic heterocycles. The van der Waals surface area contributed by atoms with Crippen molar-refractivity contribution in [1.29, 1.82) is 0 Å². The van der Waals surface area contributed by atoms with Crippen LogP contribution in [-0.4, -0.2) is 15.7 Å². The van der Waals surface area contributed by atoms with Crippen molar-refractivity contribution < 1.29 is 0 Å². The lowest BCUT2D eigenvalue weighted by Gasteiger charge is -2.11. The zero-order chi connectivity index (χ0) is 12.8. The molecule has 104 valence electrons. The van der Waals surface area contributed by atoms with Gasteiger partial charge in [0.05, 0.1) is 0 Å². The molecule has 5 nitrogen and oxygen atoms in total. The summed E-state index contributed by atoms with van der Waals surface area (Å²) in [4.78, 5) is 23.6. The van der Waals surface area contributed by atoms with Gasteiger partial charge in [0.2, 0.25) is 0 Å². The highest BCUT2D eigenvalue weighted by molar-refractivity contribution is 5.85. The Morgan fingerprint density at radius 2 is 1.89 bits per heavy atom. The fourth-order valence-corrected chi connectivity index (χ4v) is 1.65. The number of hydrogen-bond donors (Lipinski definition) is 1. The van der Waals surface area contributed by atoms with E-state index in [2.05, 4.69) is 12.2 Å². The monoisotopic (exact) mass is 275 g/mol. The minimum Gasteiger partial charge on any atom is -0.379 e. The number of anilines is 1. The molecule has 18 heavy (non-hydrogen) atoms. The van der Waals surface area contributed by atoms with E-state index in [4.69, 9.17) is 0 Å². The summed E-state index contributed by atoms with van der Waals surface area (Å²) in [6.07, 6.45) is 4.58. The molecule has 6 heteroatoms. The summed E-state index contributed by atoms with van der Waals surface area (Å²) in [5.41, 5.74) is 0.00495. The summed E-state index contributed by atoms with van der Waals surface area (Å²) in [5.74, 6) is 0. The highest BCUT2D eigenvalue weighted by Crippen LogP contribution is 1.98. The van der Waals surface area contributed by atoms with E-state index >= 15 is 0 Å². The van der Waals surface area contributed by atoms with Crippen LogP contribution in [0.4, 0.5) is 5.69 Å². The minimum atomic E-state index is -0.252. The molecule has 1 aromatic rings. The second kappa shape index (κ2) is 7.97. The lowest BCUT2D eigenvalue weighted by Crippen LogP contribution is -2.38. The van der Waals surface area contributed by atoms with Gasteiger partial charge in [0.25, 0.3) is 5.56 Å². The van der Waals surface area contributed by atoms with Gasteiger partial charge in [-0.2, -0.15) is 0 Å². The first-order valence-corrected chi connectivity index (χ1v) is 6.16. The van der Waals surface area contributed by atoms with Crippen LogP contribution in [0.5, 0.6) is 0 Å². The van der Waals surface area contributed by atoms with Gasteiger partial charge in [-0.15, -0.1) is 12.4 Å². The van der Waals surface area contributed by atoms with Crippen LogP contribution in [0.15, 0.2) is 15.8 Å². The summed E-state index contributed by atoms with van der Waals surface area (Å²) in [6.45, 7) is 5.49. The van der Waals surface area contributed by atoms with Crippen LogP contribution in [0.3, 0.4) is 0 Å². The molecule has 1 aromatic heterocycles. The third kappa shape index (κ3) is 3.91. The summed E-state index contributed by atoms with van der Waals surface area (Å²) in [6, 6.07) is 0. The van der Waals surface area contributed by atoms with Gasteiger partial charge in [0, 0.05) is 26.3 Å². The maximum Gasteiger partial charge on any atom is 0.330 e. The lowest BCUT2D eigenvalue weighted by molar-refractivity contribution is 0.591. The van der Waals surface area contributed by atoms with Crippen molar-refractivity contribution in [1.82, 2.24) is 9.13 Å². The van der Waals surface area contributed by atoms with E-state index in [0.717, 1.165) is 30.4 Å². The number of hydrogen-bond acceptors (Lipinski definition) is 3. The molecule has 0 atom stereocenters. The van der Waals surface area contributed by atoms with Crippen LogP contribution >= 0.6 is 12.4 Å². The van der Waals surface area contributed by atoms with E-state index in [1.54, 1.807) is 10.8 Å². The topological polar surface area (TPSA) is 56.0 Å². The Balaban J connectivity index is 0.00000289. The van der Waals surface area contributed by atoms with Gasteiger partial charge in [0.1, 0.15) is 5.69 Å². The highest BCUT2D eigenvalue weighted by Gasteiger charge is 2.07. The van der Waals surface area contributed by atoms with Gasteiger partial charge in [-0.05, 0) is 12.8 Å². The fourth-order valence-electron chi connectivity index (χ4n) is 1.65. The Morgan fingerprint density at radius 3 is 2.44 bits per heavy atom. The van der Waals surface area contributed by atoms with Crippen molar-refractivity contribution in [3.63, 3.8) is 0 Å². The molecule has 0 saturated heterocycles. The Kier molecular flexibility index (Phi) is 7.43. The second-order valence-electron chi connectivity index (χ2n) is 4.16. The first-order valence-electron chi connectivity index (χ1n) is 6.16. The van der Waals surface area contributed by atoms with Crippen molar-refractivity contribution in [3.05, 3.63) is 27.0 Å². The average Bonchev–Trinajstić information content (AvgIpc) is 2.32. The number of halogens is 1. The number of unbranched alkanes of at least 4 members (excludes halogenated alkanes) is 1. The third-order valence-corrected chi connectivity index (χ3v) is 2.66. The second-order valence-corrected chi connectivity index (χ2v) is 4.16. The molecule has 0 fully saturated rings. The Hall–Kier alpha value is -1.23. The molecule has 0 amide bonds. The predicted molar refractivity (Wildman–Crippen MR) is 76.9 cm³/mol. The van der Waals surface area contributed by atoms with Gasteiger partial charge in [0.15, 0.2) is 0 Å². The molecule has 1 rings (SSSR count). The normalized spacial score (nSPS) is 9.94. The van der Waals surface area contributed by atoms with Crippen LogP contribution in [0.25, 0.3) is 0 Å². The number of nitrogens with one attached hydrogen (secondary N) is 1. The van der Waals surface area contributed by atoms with E-state index in [-0.39, 0.29) is 23.7 Å². The summed E-state index contributed by atoms with van der Waals surface area (Å²) in [7, 11) is 1.52. The Bertz CT molecular complexity index is 479. The number of aromatic nitrogens is 2. The standard InChI is InChI=1S/C12H21N3O2.ClH/c1-4-6-7-13-10-9-15(8-5-2)12(17)14(3)11(10)16;/h9,13H,4-8H2,1-3H3;1H. The summed E-state index contributed by atoms with van der Waals surface area (Å²) < 4.78 is 2.74. The molecule has 0 aromatic carbocycles. The van der Waals surface area contributed by atoms with Crippen LogP contribution in [0.2, 0.25) is 0 Å². The van der Waals surface area contributed by atoms with E-state index < -0.39 is 0 Å². The molecule has 0 saturated carbocycles. The zero-order valence-corrected chi connectivity index (χ0v) is 12.0. The van der Waals surface area contributed by atoms with Crippen molar-refractivity contribution in [3.8, 4) is 0 Å². The molecular formula is C12H22ClN3O2. The maximum absolute atomic E-state index is 11.8.